The van der Waals surface area contributed by atoms with Gasteiger partial charge in [-0.1, -0.05) is 6.42 Å². The number of alkyl halides is 3. The highest BCUT2D eigenvalue weighted by atomic mass is 19.4. The second-order valence-corrected chi connectivity index (χ2v) is 5.23. The number of imidazole rings is 1. The highest BCUT2D eigenvalue weighted by molar-refractivity contribution is 5.50. The Morgan fingerprint density at radius 1 is 1.35 bits per heavy atom. The van der Waals surface area contributed by atoms with E-state index in [9.17, 15) is 13.2 Å². The van der Waals surface area contributed by atoms with E-state index in [-0.39, 0.29) is 5.65 Å². The number of nitrogens with one attached hydrogen (secondary N) is 1. The van der Waals surface area contributed by atoms with E-state index in [0.29, 0.717) is 18.2 Å². The maximum Gasteiger partial charge on any atom is 0.419 e. The summed E-state index contributed by atoms with van der Waals surface area (Å²) in [5.74, 6) is 0. The van der Waals surface area contributed by atoms with Gasteiger partial charge in [-0.15, -0.1) is 0 Å². The summed E-state index contributed by atoms with van der Waals surface area (Å²) in [6.45, 7) is 0.978. The van der Waals surface area contributed by atoms with Gasteiger partial charge < -0.3 is 9.72 Å². The Morgan fingerprint density at radius 3 is 2.90 bits per heavy atom. The molecule has 1 N–H and O–H groups in total. The van der Waals surface area contributed by atoms with Crippen LogP contribution < -0.4 is 5.32 Å². The lowest BCUT2D eigenvalue weighted by Gasteiger charge is -2.22. The van der Waals surface area contributed by atoms with Crippen LogP contribution in [0.4, 0.5) is 13.2 Å². The lowest BCUT2D eigenvalue weighted by molar-refractivity contribution is -0.136. The smallest absolute Gasteiger partial charge is 0.314 e. The zero-order chi connectivity index (χ0) is 14.2. The molecule has 0 aromatic carbocycles. The van der Waals surface area contributed by atoms with Crippen molar-refractivity contribution in [3.8, 4) is 0 Å². The Morgan fingerprint density at radius 2 is 2.20 bits per heavy atom. The molecule has 1 atom stereocenters. The molecule has 3 nitrogen and oxygen atoms in total. The normalized spacial score (nSPS) is 20.4. The fourth-order valence-corrected chi connectivity index (χ4v) is 2.73. The van der Waals surface area contributed by atoms with Crippen LogP contribution in [0.2, 0.25) is 0 Å². The quantitative estimate of drug-likeness (QED) is 0.918. The van der Waals surface area contributed by atoms with Crippen molar-refractivity contribution in [1.29, 1.82) is 0 Å². The molecule has 1 unspecified atom stereocenters. The Kier molecular flexibility index (Phi) is 3.41. The molecule has 2 aromatic rings. The summed E-state index contributed by atoms with van der Waals surface area (Å²) in [4.78, 5) is 4.18. The Hall–Kier alpha value is -1.56. The molecule has 0 bridgehead atoms. The van der Waals surface area contributed by atoms with Crippen molar-refractivity contribution >= 4 is 5.65 Å². The van der Waals surface area contributed by atoms with Crippen LogP contribution in [0, 0.1) is 0 Å². The van der Waals surface area contributed by atoms with Gasteiger partial charge in [-0.2, -0.15) is 13.2 Å². The van der Waals surface area contributed by atoms with Crippen LogP contribution in [0.15, 0.2) is 24.5 Å². The minimum atomic E-state index is -4.37. The number of pyridine rings is 1. The first-order valence-electron chi connectivity index (χ1n) is 6.81. The molecule has 0 radical (unpaired) electrons. The molecule has 2 aromatic heterocycles. The number of fused-ring (bicyclic) bond motifs is 1. The number of hydrogen-bond donors (Lipinski definition) is 1. The van der Waals surface area contributed by atoms with Gasteiger partial charge in [0.2, 0.25) is 0 Å². The van der Waals surface area contributed by atoms with Crippen molar-refractivity contribution in [3.63, 3.8) is 0 Å². The third kappa shape index (κ3) is 2.65. The van der Waals surface area contributed by atoms with Crippen molar-refractivity contribution in [1.82, 2.24) is 14.7 Å². The monoisotopic (exact) mass is 283 g/mol. The number of piperidine rings is 1. The van der Waals surface area contributed by atoms with E-state index in [2.05, 4.69) is 10.3 Å². The highest BCUT2D eigenvalue weighted by Crippen LogP contribution is 2.32. The predicted octanol–water partition coefficient (Wildman–Crippen LogP) is 3.04. The summed E-state index contributed by atoms with van der Waals surface area (Å²) in [5, 5.41) is 3.39. The first kappa shape index (κ1) is 13.4. The van der Waals surface area contributed by atoms with Crippen molar-refractivity contribution in [2.45, 2.75) is 37.9 Å². The maximum absolute atomic E-state index is 12.9. The Labute approximate surface area is 114 Å². The van der Waals surface area contributed by atoms with E-state index < -0.39 is 11.7 Å². The lowest BCUT2D eigenvalue weighted by atomic mass is 10.0. The van der Waals surface area contributed by atoms with E-state index in [4.69, 9.17) is 0 Å². The molecule has 108 valence electrons. The zero-order valence-corrected chi connectivity index (χ0v) is 11.0. The van der Waals surface area contributed by atoms with Gasteiger partial charge in [-0.3, -0.25) is 0 Å². The molecule has 1 aliphatic heterocycles. The number of rotatable bonds is 2. The van der Waals surface area contributed by atoms with E-state index in [1.807, 2.05) is 0 Å². The van der Waals surface area contributed by atoms with E-state index in [0.717, 1.165) is 19.0 Å². The first-order chi connectivity index (χ1) is 9.54. The van der Waals surface area contributed by atoms with E-state index in [1.54, 1.807) is 12.4 Å². The number of aromatic nitrogens is 2. The van der Waals surface area contributed by atoms with Crippen molar-refractivity contribution in [3.05, 3.63) is 35.8 Å². The molecular formula is C14H16F3N3. The zero-order valence-electron chi connectivity index (χ0n) is 11.0. The fraction of sp³-hybridized carbons (Fsp3) is 0.500. The van der Waals surface area contributed by atoms with E-state index in [1.165, 1.54) is 23.3 Å². The van der Waals surface area contributed by atoms with Crippen molar-refractivity contribution < 1.29 is 13.2 Å². The second kappa shape index (κ2) is 5.09. The minimum absolute atomic E-state index is 0.00851. The predicted molar refractivity (Wildman–Crippen MR) is 69.5 cm³/mol. The molecule has 0 aliphatic carbocycles. The van der Waals surface area contributed by atoms with Gasteiger partial charge in [0.15, 0.2) is 0 Å². The Bertz CT molecular complexity index is 597. The average Bonchev–Trinajstić information content (AvgIpc) is 2.80. The SMILES string of the molecule is FC(F)(F)c1cccn2cc(CC3CCCCN3)nc12. The summed E-state index contributed by atoms with van der Waals surface area (Å²) >= 11 is 0. The molecule has 0 spiro atoms. The molecule has 0 saturated carbocycles. The third-order valence-corrected chi connectivity index (χ3v) is 3.71. The van der Waals surface area contributed by atoms with Gasteiger partial charge in [0.05, 0.1) is 11.3 Å². The molecule has 3 heterocycles. The standard InChI is InChI=1S/C14H16F3N3/c15-14(16,17)12-5-3-7-20-9-11(19-13(12)20)8-10-4-1-2-6-18-10/h3,5,7,9-10,18H,1-2,4,6,8H2. The fourth-order valence-electron chi connectivity index (χ4n) is 2.73. The van der Waals surface area contributed by atoms with Crippen LogP contribution >= 0.6 is 0 Å². The first-order valence-corrected chi connectivity index (χ1v) is 6.81. The van der Waals surface area contributed by atoms with Gasteiger partial charge in [-0.05, 0) is 31.5 Å². The molecule has 6 heteroatoms. The van der Waals surface area contributed by atoms with E-state index >= 15 is 0 Å². The third-order valence-electron chi connectivity index (χ3n) is 3.71. The largest absolute Gasteiger partial charge is 0.419 e. The van der Waals surface area contributed by atoms with Crippen molar-refractivity contribution in [2.75, 3.05) is 6.54 Å². The van der Waals surface area contributed by atoms with Crippen LogP contribution in [-0.4, -0.2) is 22.0 Å². The summed E-state index contributed by atoms with van der Waals surface area (Å²) in [6, 6.07) is 2.80. The van der Waals surface area contributed by atoms with Crippen LogP contribution in [-0.2, 0) is 12.6 Å². The summed E-state index contributed by atoms with van der Waals surface area (Å²) in [6.07, 6.45) is 3.00. The molecule has 0 amide bonds. The van der Waals surface area contributed by atoms with Crippen LogP contribution in [0.25, 0.3) is 5.65 Å². The number of nitrogens with zero attached hydrogens (tertiary/aromatic N) is 2. The lowest BCUT2D eigenvalue weighted by Crippen LogP contribution is -2.35. The van der Waals surface area contributed by atoms with Crippen molar-refractivity contribution in [2.24, 2.45) is 0 Å². The number of hydrogen-bond acceptors (Lipinski definition) is 2. The van der Waals surface area contributed by atoms with Gasteiger partial charge in [0, 0.05) is 24.9 Å². The van der Waals surface area contributed by atoms with Crippen LogP contribution in [0.3, 0.4) is 0 Å². The van der Waals surface area contributed by atoms with Crippen LogP contribution in [0.1, 0.15) is 30.5 Å². The molecule has 20 heavy (non-hydrogen) atoms. The van der Waals surface area contributed by atoms with Gasteiger partial charge in [0.25, 0.3) is 0 Å². The topological polar surface area (TPSA) is 29.3 Å². The molecule has 1 aliphatic rings. The maximum atomic E-state index is 12.9. The highest BCUT2D eigenvalue weighted by Gasteiger charge is 2.33. The Balaban J connectivity index is 1.90. The molecular weight excluding hydrogens is 267 g/mol. The number of halogens is 3. The summed E-state index contributed by atoms with van der Waals surface area (Å²) in [7, 11) is 0. The molecule has 3 rings (SSSR count). The second-order valence-electron chi connectivity index (χ2n) is 5.23. The summed E-state index contributed by atoms with van der Waals surface area (Å²) < 4.78 is 40.2. The van der Waals surface area contributed by atoms with Gasteiger partial charge >= 0.3 is 6.18 Å². The molecule has 1 fully saturated rings. The minimum Gasteiger partial charge on any atom is -0.314 e. The van der Waals surface area contributed by atoms with Gasteiger partial charge in [0.1, 0.15) is 5.65 Å². The molecule has 1 saturated heterocycles. The summed E-state index contributed by atoms with van der Waals surface area (Å²) in [5.41, 5.74) is 0.0229. The average molecular weight is 283 g/mol. The van der Waals surface area contributed by atoms with Crippen LogP contribution in [0.5, 0.6) is 0 Å². The van der Waals surface area contributed by atoms with Gasteiger partial charge in [-0.25, -0.2) is 4.98 Å².